The number of ether oxygens (including phenoxy) is 2. The predicted octanol–water partition coefficient (Wildman–Crippen LogP) is 2.93. The number of carbonyl (C=O) groups is 1. The zero-order valence-corrected chi connectivity index (χ0v) is 19.2. The molecule has 0 saturated carbocycles. The van der Waals surface area contributed by atoms with Crippen LogP contribution >= 0.6 is 0 Å². The van der Waals surface area contributed by atoms with Crippen LogP contribution in [0, 0.1) is 0 Å². The molecule has 1 aromatic carbocycles. The van der Waals surface area contributed by atoms with Crippen molar-refractivity contribution in [3.8, 4) is 11.5 Å². The van der Waals surface area contributed by atoms with Crippen molar-refractivity contribution in [2.45, 2.75) is 44.0 Å². The van der Waals surface area contributed by atoms with Crippen molar-refractivity contribution in [1.82, 2.24) is 14.2 Å². The van der Waals surface area contributed by atoms with E-state index in [2.05, 4.69) is 12.2 Å². The lowest BCUT2D eigenvalue weighted by atomic mass is 10.2. The average molecular weight is 450 g/mol. The van der Waals surface area contributed by atoms with Crippen molar-refractivity contribution in [3.63, 3.8) is 0 Å². The number of benzene rings is 1. The maximum atomic E-state index is 12.8. The molecule has 0 spiro atoms. The molecule has 2 aromatic rings. The van der Waals surface area contributed by atoms with Crippen molar-refractivity contribution in [2.75, 3.05) is 26.8 Å². The highest BCUT2D eigenvalue weighted by Crippen LogP contribution is 2.28. The molecule has 8 nitrogen and oxygen atoms in total. The van der Waals surface area contributed by atoms with E-state index in [-0.39, 0.29) is 17.3 Å². The molecule has 170 valence electrons. The fraction of sp³-hybridized carbons (Fsp3) is 0.500. The van der Waals surface area contributed by atoms with Gasteiger partial charge in [0.2, 0.25) is 10.0 Å². The van der Waals surface area contributed by atoms with Crippen LogP contribution in [0.25, 0.3) is 0 Å². The molecule has 31 heavy (non-hydrogen) atoms. The molecule has 0 atom stereocenters. The first kappa shape index (κ1) is 23.1. The summed E-state index contributed by atoms with van der Waals surface area (Å²) >= 11 is 0. The summed E-state index contributed by atoms with van der Waals surface area (Å²) in [5.74, 6) is 0.943. The second-order valence-corrected chi connectivity index (χ2v) is 9.59. The molecule has 0 aliphatic carbocycles. The summed E-state index contributed by atoms with van der Waals surface area (Å²) < 4.78 is 39.7. The van der Waals surface area contributed by atoms with E-state index < -0.39 is 10.0 Å². The number of methoxy groups -OCH3 is 1. The number of aryl methyl sites for hydroxylation is 1. The molecule has 1 aliphatic rings. The van der Waals surface area contributed by atoms with Crippen molar-refractivity contribution < 1.29 is 22.7 Å². The van der Waals surface area contributed by atoms with Crippen LogP contribution in [0.4, 0.5) is 0 Å². The molecule has 1 saturated heterocycles. The van der Waals surface area contributed by atoms with Crippen molar-refractivity contribution in [1.29, 1.82) is 0 Å². The van der Waals surface area contributed by atoms with Gasteiger partial charge in [0.25, 0.3) is 5.91 Å². The number of hydrogen-bond acceptors (Lipinski definition) is 5. The van der Waals surface area contributed by atoms with Crippen LogP contribution in [0.5, 0.6) is 11.5 Å². The Hall–Kier alpha value is -2.52. The second-order valence-electron chi connectivity index (χ2n) is 7.65. The Morgan fingerprint density at radius 2 is 1.90 bits per heavy atom. The number of rotatable bonds is 10. The molecule has 0 bridgehead atoms. The molecule has 1 N–H and O–H groups in total. The summed E-state index contributed by atoms with van der Waals surface area (Å²) in [7, 11) is -0.312. The van der Waals surface area contributed by atoms with Crippen molar-refractivity contribution in [3.05, 3.63) is 41.7 Å². The molecule has 9 heteroatoms. The summed E-state index contributed by atoms with van der Waals surface area (Å²) in [5, 5.41) is 2.85. The van der Waals surface area contributed by atoms with E-state index in [1.165, 1.54) is 16.6 Å². The summed E-state index contributed by atoms with van der Waals surface area (Å²) in [5.41, 5.74) is 1.15. The fourth-order valence-corrected chi connectivity index (χ4v) is 5.11. The van der Waals surface area contributed by atoms with E-state index in [0.29, 0.717) is 36.9 Å². The van der Waals surface area contributed by atoms with Gasteiger partial charge in [-0.3, -0.25) is 4.79 Å². The van der Waals surface area contributed by atoms with Gasteiger partial charge in [0.15, 0.2) is 11.5 Å². The Labute approximate surface area is 184 Å². The Morgan fingerprint density at radius 1 is 1.16 bits per heavy atom. The van der Waals surface area contributed by atoms with E-state index in [0.717, 1.165) is 31.2 Å². The van der Waals surface area contributed by atoms with Crippen LogP contribution in [0.15, 0.2) is 35.4 Å². The lowest BCUT2D eigenvalue weighted by Crippen LogP contribution is -2.27. The molecular formula is C22H31N3O5S. The minimum atomic E-state index is -3.56. The maximum Gasteiger partial charge on any atom is 0.268 e. The SMILES string of the molecule is CCCCOc1ccc(CNC(=O)c2cc(S(=O)(=O)N3CCCC3)cn2C)cc1OC. The van der Waals surface area contributed by atoms with Gasteiger partial charge in [0.1, 0.15) is 10.6 Å². The zero-order chi connectivity index (χ0) is 22.4. The van der Waals surface area contributed by atoms with Gasteiger partial charge in [-0.1, -0.05) is 19.4 Å². The number of hydrogen-bond donors (Lipinski definition) is 1. The molecule has 1 amide bonds. The van der Waals surface area contributed by atoms with E-state index in [1.54, 1.807) is 18.7 Å². The van der Waals surface area contributed by atoms with Crippen LogP contribution in [-0.2, 0) is 23.6 Å². The molecule has 3 rings (SSSR count). The van der Waals surface area contributed by atoms with Gasteiger partial charge < -0.3 is 19.4 Å². The predicted molar refractivity (Wildman–Crippen MR) is 118 cm³/mol. The molecular weight excluding hydrogens is 418 g/mol. The molecule has 0 radical (unpaired) electrons. The Kier molecular flexibility index (Phi) is 7.61. The van der Waals surface area contributed by atoms with E-state index >= 15 is 0 Å². The lowest BCUT2D eigenvalue weighted by molar-refractivity contribution is 0.0942. The largest absolute Gasteiger partial charge is 0.493 e. The second kappa shape index (κ2) is 10.2. The summed E-state index contributed by atoms with van der Waals surface area (Å²) in [6, 6.07) is 6.97. The van der Waals surface area contributed by atoms with Gasteiger partial charge >= 0.3 is 0 Å². The first-order valence-electron chi connectivity index (χ1n) is 10.6. The number of sulfonamides is 1. The first-order valence-corrected chi connectivity index (χ1v) is 12.0. The number of carbonyl (C=O) groups excluding carboxylic acids is 1. The highest BCUT2D eigenvalue weighted by atomic mass is 32.2. The van der Waals surface area contributed by atoms with E-state index in [4.69, 9.17) is 9.47 Å². The normalized spacial score (nSPS) is 14.5. The van der Waals surface area contributed by atoms with E-state index in [9.17, 15) is 13.2 Å². The Balaban J connectivity index is 1.66. The number of unbranched alkanes of at least 4 members (excludes halogenated alkanes) is 1. The minimum Gasteiger partial charge on any atom is -0.493 e. The Morgan fingerprint density at radius 3 is 2.58 bits per heavy atom. The molecule has 0 unspecified atom stereocenters. The van der Waals surface area contributed by atoms with Crippen LogP contribution in [-0.4, -0.2) is 50.0 Å². The molecule has 1 fully saturated rings. The quantitative estimate of drug-likeness (QED) is 0.564. The summed E-state index contributed by atoms with van der Waals surface area (Å²) in [4.78, 5) is 12.9. The Bertz CT molecular complexity index is 1010. The van der Waals surface area contributed by atoms with Gasteiger partial charge in [-0.15, -0.1) is 0 Å². The van der Waals surface area contributed by atoms with Crippen LogP contribution in [0.3, 0.4) is 0 Å². The lowest BCUT2D eigenvalue weighted by Gasteiger charge is -2.13. The van der Waals surface area contributed by atoms with Crippen LogP contribution < -0.4 is 14.8 Å². The zero-order valence-electron chi connectivity index (χ0n) is 18.4. The summed E-state index contributed by atoms with van der Waals surface area (Å²) in [6.07, 6.45) is 5.24. The molecule has 1 aromatic heterocycles. The minimum absolute atomic E-state index is 0.150. The van der Waals surface area contributed by atoms with Crippen molar-refractivity contribution >= 4 is 15.9 Å². The number of nitrogens with zero attached hydrogens (tertiary/aromatic N) is 2. The van der Waals surface area contributed by atoms with E-state index in [1.807, 2.05) is 18.2 Å². The molecule has 2 heterocycles. The smallest absolute Gasteiger partial charge is 0.268 e. The van der Waals surface area contributed by atoms with Gasteiger partial charge in [-0.25, -0.2) is 8.42 Å². The third kappa shape index (κ3) is 5.40. The number of aromatic nitrogens is 1. The first-order chi connectivity index (χ1) is 14.9. The van der Waals surface area contributed by atoms with Gasteiger partial charge in [0, 0.05) is 32.9 Å². The van der Waals surface area contributed by atoms with Crippen LogP contribution in [0.2, 0.25) is 0 Å². The third-order valence-electron chi connectivity index (χ3n) is 5.35. The van der Waals surface area contributed by atoms with Gasteiger partial charge in [0.05, 0.1) is 13.7 Å². The number of amides is 1. The maximum absolute atomic E-state index is 12.8. The van der Waals surface area contributed by atoms with Crippen molar-refractivity contribution in [2.24, 2.45) is 7.05 Å². The number of nitrogens with one attached hydrogen (secondary N) is 1. The van der Waals surface area contributed by atoms with Crippen LogP contribution in [0.1, 0.15) is 48.7 Å². The fourth-order valence-electron chi connectivity index (χ4n) is 3.52. The summed E-state index contributed by atoms with van der Waals surface area (Å²) in [6.45, 7) is 4.06. The van der Waals surface area contributed by atoms with Gasteiger partial charge in [-0.2, -0.15) is 4.31 Å². The topological polar surface area (TPSA) is 89.9 Å². The highest BCUT2D eigenvalue weighted by molar-refractivity contribution is 7.89. The van der Waals surface area contributed by atoms with Gasteiger partial charge in [-0.05, 0) is 43.0 Å². The molecule has 1 aliphatic heterocycles. The standard InChI is InChI=1S/C22H31N3O5S/c1-4-5-12-30-20-9-8-17(13-21(20)29-3)15-23-22(26)19-14-18(16-24(19)2)31(27,28)25-10-6-7-11-25/h8-9,13-14,16H,4-7,10-12,15H2,1-3H3,(H,23,26). The average Bonchev–Trinajstić information content (AvgIpc) is 3.43. The highest BCUT2D eigenvalue weighted by Gasteiger charge is 2.29. The monoisotopic (exact) mass is 449 g/mol. The third-order valence-corrected chi connectivity index (χ3v) is 7.22.